The number of carboxylic acid groups (broad SMARTS) is 2. The van der Waals surface area contributed by atoms with E-state index in [1.807, 2.05) is 0 Å². The van der Waals surface area contributed by atoms with E-state index in [-0.39, 0.29) is 39.0 Å². The van der Waals surface area contributed by atoms with E-state index in [1.165, 1.54) is 0 Å². The standard InChI is InChI=1S/2C2H4O2.2Rh/c2*1-2(3)4;;/h2*1H3,(H,3,4);;/p-2. The van der Waals surface area contributed by atoms with E-state index in [1.54, 1.807) is 0 Å². The maximum Gasteiger partial charge on any atom is 0.0383 e. The number of rotatable bonds is 0. The Kier molecular flexibility index (Phi) is 36.1. The normalized spacial score (nSPS) is 5.00. The van der Waals surface area contributed by atoms with Crippen molar-refractivity contribution >= 4 is 11.9 Å². The molecule has 4 nitrogen and oxygen atoms in total. The van der Waals surface area contributed by atoms with Crippen LogP contribution in [0.3, 0.4) is 0 Å². The first-order chi connectivity index (χ1) is 3.46. The third-order valence-corrected chi connectivity index (χ3v) is 0. The van der Waals surface area contributed by atoms with Gasteiger partial charge >= 0.3 is 0 Å². The van der Waals surface area contributed by atoms with Crippen molar-refractivity contribution in [3.63, 3.8) is 0 Å². The number of aliphatic carboxylic acids is 2. The molecule has 0 aliphatic heterocycles. The Morgan fingerprint density at radius 2 is 0.900 bits per heavy atom. The third-order valence-electron chi connectivity index (χ3n) is 0. The SMILES string of the molecule is CC(=O)[O-].CC(=O)[O-].[Rh].[Rh]. The summed E-state index contributed by atoms with van der Waals surface area (Å²) in [4.78, 5) is 17.8. The molecule has 0 bridgehead atoms. The van der Waals surface area contributed by atoms with Crippen molar-refractivity contribution in [3.05, 3.63) is 0 Å². The van der Waals surface area contributed by atoms with Gasteiger partial charge in [0.25, 0.3) is 0 Å². The topological polar surface area (TPSA) is 80.3 Å². The minimum absolute atomic E-state index is 0. The van der Waals surface area contributed by atoms with Crippen LogP contribution in [0, 0.1) is 0 Å². The van der Waals surface area contributed by atoms with Crippen molar-refractivity contribution in [1.82, 2.24) is 0 Å². The van der Waals surface area contributed by atoms with Crippen LogP contribution in [0.25, 0.3) is 0 Å². The van der Waals surface area contributed by atoms with Gasteiger partial charge in [0, 0.05) is 50.9 Å². The summed E-state index contributed by atoms with van der Waals surface area (Å²) in [7, 11) is 0. The Bertz CT molecular complexity index is 73.3. The molecule has 0 saturated heterocycles. The molecule has 2 radical (unpaired) electrons. The molecule has 0 rings (SSSR count). The average molecular weight is 324 g/mol. The third kappa shape index (κ3) is 12100. The molecule has 0 aliphatic carbocycles. The van der Waals surface area contributed by atoms with Crippen molar-refractivity contribution in [2.45, 2.75) is 13.8 Å². The van der Waals surface area contributed by atoms with E-state index >= 15 is 0 Å². The molecule has 6 heteroatoms. The largest absolute Gasteiger partial charge is 0.550 e. The van der Waals surface area contributed by atoms with Crippen LogP contribution in [0.1, 0.15) is 13.8 Å². The van der Waals surface area contributed by atoms with Crippen molar-refractivity contribution in [1.29, 1.82) is 0 Å². The van der Waals surface area contributed by atoms with Gasteiger partial charge in [0.05, 0.1) is 0 Å². The number of carbonyl (C=O) groups excluding carboxylic acids is 2. The second-order valence-electron chi connectivity index (χ2n) is 0.983. The summed E-state index contributed by atoms with van der Waals surface area (Å²) in [6.07, 6.45) is 0. The molecule has 0 fully saturated rings. The fourth-order valence-corrected chi connectivity index (χ4v) is 0. The zero-order valence-corrected chi connectivity index (χ0v) is 8.58. The van der Waals surface area contributed by atoms with E-state index in [9.17, 15) is 0 Å². The molecular formula is C4H6O4Rh2-2. The van der Waals surface area contributed by atoms with Crippen LogP contribution in [0.15, 0.2) is 0 Å². The van der Waals surface area contributed by atoms with Crippen LogP contribution < -0.4 is 10.2 Å². The molecule has 66 valence electrons. The van der Waals surface area contributed by atoms with Crippen molar-refractivity contribution in [2.75, 3.05) is 0 Å². The van der Waals surface area contributed by atoms with Crippen LogP contribution in [0.4, 0.5) is 0 Å². The van der Waals surface area contributed by atoms with Gasteiger partial charge < -0.3 is 19.8 Å². The van der Waals surface area contributed by atoms with E-state index in [4.69, 9.17) is 19.8 Å². The summed E-state index contributed by atoms with van der Waals surface area (Å²) in [5.74, 6) is -2.17. The molecule has 0 heterocycles. The molecular weight excluding hydrogens is 318 g/mol. The fraction of sp³-hybridized carbons (Fsp3) is 0.500. The zero-order valence-electron chi connectivity index (χ0n) is 5.30. The van der Waals surface area contributed by atoms with Crippen LogP contribution in [-0.4, -0.2) is 11.9 Å². The molecule has 0 amide bonds. The quantitative estimate of drug-likeness (QED) is 0.462. The van der Waals surface area contributed by atoms with Crippen LogP contribution >= 0.6 is 0 Å². The summed E-state index contributed by atoms with van der Waals surface area (Å²) in [5.41, 5.74) is 0. The number of hydrogen-bond donors (Lipinski definition) is 0. The van der Waals surface area contributed by atoms with Crippen LogP contribution in [0.2, 0.25) is 0 Å². The molecule has 0 aromatic rings. The molecule has 0 unspecified atom stereocenters. The van der Waals surface area contributed by atoms with Gasteiger partial charge in [0.2, 0.25) is 0 Å². The molecule has 0 aromatic carbocycles. The summed E-state index contributed by atoms with van der Waals surface area (Å²) < 4.78 is 0. The predicted molar refractivity (Wildman–Crippen MR) is 21.4 cm³/mol. The molecule has 0 aliphatic rings. The van der Waals surface area contributed by atoms with Crippen LogP contribution in [-0.2, 0) is 48.5 Å². The second-order valence-corrected chi connectivity index (χ2v) is 0.983. The van der Waals surface area contributed by atoms with Crippen molar-refractivity contribution in [2.24, 2.45) is 0 Å². The van der Waals surface area contributed by atoms with Gasteiger partial charge in [0.1, 0.15) is 0 Å². The smallest absolute Gasteiger partial charge is 0.0383 e. The van der Waals surface area contributed by atoms with Gasteiger partial charge in [-0.15, -0.1) is 0 Å². The number of carbonyl (C=O) groups is 2. The molecule has 10 heavy (non-hydrogen) atoms. The van der Waals surface area contributed by atoms with E-state index in [0.717, 1.165) is 13.8 Å². The van der Waals surface area contributed by atoms with Gasteiger partial charge in [-0.25, -0.2) is 0 Å². The Balaban J connectivity index is -0.0000000300. The van der Waals surface area contributed by atoms with Gasteiger partial charge in [-0.1, -0.05) is 0 Å². The van der Waals surface area contributed by atoms with Gasteiger partial charge in [-0.3, -0.25) is 0 Å². The average Bonchev–Trinajstić information content (AvgIpc) is 1.25. The molecule has 0 N–H and O–H groups in total. The first-order valence-corrected chi connectivity index (χ1v) is 1.82. The first kappa shape index (κ1) is 22.5. The minimum Gasteiger partial charge on any atom is -0.550 e. The van der Waals surface area contributed by atoms with Crippen LogP contribution in [0.5, 0.6) is 0 Å². The summed E-state index contributed by atoms with van der Waals surface area (Å²) in [5, 5.41) is 17.8. The Morgan fingerprint density at radius 3 is 0.900 bits per heavy atom. The number of carboxylic acids is 2. The fourth-order valence-electron chi connectivity index (χ4n) is 0. The second kappa shape index (κ2) is 16.1. The van der Waals surface area contributed by atoms with Gasteiger partial charge in [-0.05, 0) is 13.8 Å². The number of hydrogen-bond acceptors (Lipinski definition) is 4. The molecule has 0 spiro atoms. The summed E-state index contributed by atoms with van der Waals surface area (Å²) >= 11 is 0. The van der Waals surface area contributed by atoms with E-state index in [2.05, 4.69) is 0 Å². The summed E-state index contributed by atoms with van der Waals surface area (Å²) in [6, 6.07) is 0. The zero-order chi connectivity index (χ0) is 7.15. The van der Waals surface area contributed by atoms with E-state index in [0.29, 0.717) is 0 Å². The van der Waals surface area contributed by atoms with Gasteiger partial charge in [0.15, 0.2) is 0 Å². The molecule has 0 aromatic heterocycles. The minimum atomic E-state index is -1.08. The summed E-state index contributed by atoms with van der Waals surface area (Å²) in [6.45, 7) is 1.94. The first-order valence-electron chi connectivity index (χ1n) is 1.82. The Morgan fingerprint density at radius 1 is 0.900 bits per heavy atom. The molecule has 0 saturated carbocycles. The maximum absolute atomic E-state index is 8.89. The van der Waals surface area contributed by atoms with Crippen molar-refractivity contribution < 1.29 is 58.8 Å². The Labute approximate surface area is 84.5 Å². The Hall–Kier alpha value is 0.187. The monoisotopic (exact) mass is 324 g/mol. The predicted octanol–water partition coefficient (Wildman–Crippen LogP) is -2.49. The maximum atomic E-state index is 8.89. The molecule has 0 atom stereocenters. The van der Waals surface area contributed by atoms with Crippen molar-refractivity contribution in [3.8, 4) is 0 Å². The van der Waals surface area contributed by atoms with Gasteiger partial charge in [-0.2, -0.15) is 0 Å². The van der Waals surface area contributed by atoms with E-state index < -0.39 is 11.9 Å².